The van der Waals surface area contributed by atoms with Crippen molar-refractivity contribution in [1.82, 2.24) is 20.0 Å². The summed E-state index contributed by atoms with van der Waals surface area (Å²) < 4.78 is 5.29. The largest absolute Gasteiger partial charge is 0.497 e. The zero-order valence-electron chi connectivity index (χ0n) is 16.1. The maximum Gasteiger partial charge on any atom is 0.275 e. The number of hydrogen-bond acceptors (Lipinski definition) is 4. The second-order valence-electron chi connectivity index (χ2n) is 7.91. The van der Waals surface area contributed by atoms with Crippen LogP contribution in [0, 0.1) is 11.8 Å². The second kappa shape index (κ2) is 6.63. The number of likely N-dealkylation sites (tertiary alicyclic amines) is 2. The summed E-state index contributed by atoms with van der Waals surface area (Å²) in [7, 11) is 3.87. The van der Waals surface area contributed by atoms with Gasteiger partial charge in [-0.2, -0.15) is 5.10 Å². The first-order valence-corrected chi connectivity index (χ1v) is 9.72. The molecule has 0 unspecified atom stereocenters. The molecule has 1 N–H and O–H groups in total. The highest BCUT2D eigenvalue weighted by molar-refractivity contribution is 6.04. The van der Waals surface area contributed by atoms with E-state index in [-0.39, 0.29) is 5.91 Å². The number of benzene rings is 2. The Hall–Kier alpha value is -2.86. The smallest absolute Gasteiger partial charge is 0.275 e. The Morgan fingerprint density at radius 2 is 1.89 bits per heavy atom. The Morgan fingerprint density at radius 1 is 1.11 bits per heavy atom. The quantitative estimate of drug-likeness (QED) is 0.763. The minimum Gasteiger partial charge on any atom is -0.497 e. The maximum atomic E-state index is 13.2. The van der Waals surface area contributed by atoms with Gasteiger partial charge in [0.1, 0.15) is 5.75 Å². The molecule has 2 fully saturated rings. The van der Waals surface area contributed by atoms with Crippen LogP contribution in [0.5, 0.6) is 5.75 Å². The van der Waals surface area contributed by atoms with Crippen molar-refractivity contribution >= 4 is 16.8 Å². The normalized spacial score (nSPS) is 24.6. The van der Waals surface area contributed by atoms with Gasteiger partial charge >= 0.3 is 0 Å². The number of carbonyl (C=O) groups excluding carboxylic acids is 1. The van der Waals surface area contributed by atoms with Gasteiger partial charge in [-0.3, -0.25) is 14.8 Å². The second-order valence-corrected chi connectivity index (χ2v) is 7.91. The Kier molecular flexibility index (Phi) is 4.09. The van der Waals surface area contributed by atoms with E-state index in [2.05, 4.69) is 34.3 Å². The number of nitrogens with one attached hydrogen (secondary N) is 1. The van der Waals surface area contributed by atoms with Crippen LogP contribution in [0.2, 0.25) is 0 Å². The van der Waals surface area contributed by atoms with Crippen molar-refractivity contribution in [2.24, 2.45) is 11.8 Å². The molecule has 144 valence electrons. The maximum absolute atomic E-state index is 13.2. The molecule has 6 heteroatoms. The van der Waals surface area contributed by atoms with E-state index in [1.54, 1.807) is 7.11 Å². The number of hydrogen-bond donors (Lipinski definition) is 1. The van der Waals surface area contributed by atoms with Crippen LogP contribution < -0.4 is 4.74 Å². The van der Waals surface area contributed by atoms with Crippen molar-refractivity contribution in [3.63, 3.8) is 0 Å². The van der Waals surface area contributed by atoms with Crippen LogP contribution in [0.4, 0.5) is 0 Å². The third-order valence-electron chi connectivity index (χ3n) is 6.31. The van der Waals surface area contributed by atoms with E-state index in [0.717, 1.165) is 36.3 Å². The summed E-state index contributed by atoms with van der Waals surface area (Å²) in [5, 5.41) is 8.18. The topological polar surface area (TPSA) is 61.5 Å². The van der Waals surface area contributed by atoms with Crippen molar-refractivity contribution in [1.29, 1.82) is 0 Å². The number of aromatic nitrogens is 2. The monoisotopic (exact) mass is 376 g/mol. The van der Waals surface area contributed by atoms with Gasteiger partial charge < -0.3 is 9.64 Å². The molecule has 0 saturated carbocycles. The molecule has 6 nitrogen and oxygen atoms in total. The fourth-order valence-corrected chi connectivity index (χ4v) is 5.00. The van der Waals surface area contributed by atoms with Gasteiger partial charge in [-0.1, -0.05) is 30.3 Å². The Balaban J connectivity index is 1.39. The molecule has 3 aromatic rings. The first kappa shape index (κ1) is 17.3. The minimum absolute atomic E-state index is 0.0305. The average Bonchev–Trinajstić information content (AvgIpc) is 3.40. The highest BCUT2D eigenvalue weighted by Crippen LogP contribution is 2.44. The van der Waals surface area contributed by atoms with Gasteiger partial charge in [0.15, 0.2) is 5.69 Å². The standard InChI is InChI=1S/C22H24N4O2/c1-25-11-15-12-26(22(27)20-17-5-3-4-6-19(17)23-24-20)13-18(15)21(25)14-7-9-16(28-2)10-8-14/h3-10,15,18,21H,11-13H2,1-2H3,(H,23,24)/t15-,18+,21-/m0/s1. The lowest BCUT2D eigenvalue weighted by Crippen LogP contribution is -2.33. The van der Waals surface area contributed by atoms with E-state index >= 15 is 0 Å². The predicted molar refractivity (Wildman–Crippen MR) is 107 cm³/mol. The highest BCUT2D eigenvalue weighted by atomic mass is 16.5. The van der Waals surface area contributed by atoms with Crippen molar-refractivity contribution in [2.75, 3.05) is 33.8 Å². The van der Waals surface area contributed by atoms with Gasteiger partial charge in [0.05, 0.1) is 12.6 Å². The Labute approximate surface area is 164 Å². The van der Waals surface area contributed by atoms with E-state index in [9.17, 15) is 4.79 Å². The molecule has 2 aliphatic heterocycles. The molecule has 0 aliphatic carbocycles. The molecule has 1 amide bonds. The van der Waals surface area contributed by atoms with Gasteiger partial charge in [0.2, 0.25) is 0 Å². The van der Waals surface area contributed by atoms with E-state index in [1.807, 2.05) is 41.3 Å². The highest BCUT2D eigenvalue weighted by Gasteiger charge is 2.47. The average molecular weight is 376 g/mol. The predicted octanol–water partition coefficient (Wildman–Crippen LogP) is 2.95. The summed E-state index contributed by atoms with van der Waals surface area (Å²) in [6.45, 7) is 2.57. The first-order valence-electron chi connectivity index (χ1n) is 9.72. The first-order chi connectivity index (χ1) is 13.7. The molecule has 28 heavy (non-hydrogen) atoms. The molecule has 0 bridgehead atoms. The van der Waals surface area contributed by atoms with Crippen molar-refractivity contribution in [3.05, 3.63) is 59.8 Å². The van der Waals surface area contributed by atoms with Crippen molar-refractivity contribution in [2.45, 2.75) is 6.04 Å². The van der Waals surface area contributed by atoms with E-state index in [4.69, 9.17) is 4.74 Å². The third kappa shape index (κ3) is 2.67. The number of rotatable bonds is 3. The zero-order valence-corrected chi connectivity index (χ0v) is 16.1. The minimum atomic E-state index is 0.0305. The summed E-state index contributed by atoms with van der Waals surface area (Å²) in [5.74, 6) is 1.83. The number of nitrogens with zero attached hydrogens (tertiary/aromatic N) is 3. The van der Waals surface area contributed by atoms with Gasteiger partial charge in [-0.25, -0.2) is 0 Å². The van der Waals surface area contributed by atoms with Crippen LogP contribution in [0.25, 0.3) is 10.9 Å². The van der Waals surface area contributed by atoms with E-state index in [0.29, 0.717) is 23.6 Å². The van der Waals surface area contributed by atoms with E-state index in [1.165, 1.54) is 5.56 Å². The van der Waals surface area contributed by atoms with Gasteiger partial charge in [0.25, 0.3) is 5.91 Å². The molecule has 3 heterocycles. The number of aromatic amines is 1. The molecule has 0 radical (unpaired) electrons. The molecule has 2 aliphatic rings. The molecule has 3 atom stereocenters. The molecule has 2 saturated heterocycles. The van der Waals surface area contributed by atoms with Crippen LogP contribution in [-0.4, -0.2) is 59.7 Å². The number of amides is 1. The third-order valence-corrected chi connectivity index (χ3v) is 6.31. The summed E-state index contributed by atoms with van der Waals surface area (Å²) in [5.41, 5.74) is 2.72. The Bertz CT molecular complexity index is 1010. The van der Waals surface area contributed by atoms with Crippen LogP contribution in [0.1, 0.15) is 22.1 Å². The molecule has 1 aromatic heterocycles. The summed E-state index contributed by atoms with van der Waals surface area (Å²) >= 11 is 0. The number of ether oxygens (including phenoxy) is 1. The lowest BCUT2D eigenvalue weighted by atomic mass is 9.89. The summed E-state index contributed by atoms with van der Waals surface area (Å²) in [6.07, 6.45) is 0. The van der Waals surface area contributed by atoms with Crippen LogP contribution in [-0.2, 0) is 0 Å². The SMILES string of the molecule is COc1ccc([C@H]2[C@@H]3CN(C(=O)c4n[nH]c5ccccc45)C[C@@H]3CN2C)cc1. The molecular weight excluding hydrogens is 352 g/mol. The lowest BCUT2D eigenvalue weighted by molar-refractivity contribution is 0.0764. The van der Waals surface area contributed by atoms with Gasteiger partial charge in [-0.05, 0) is 36.7 Å². The number of para-hydroxylation sites is 1. The van der Waals surface area contributed by atoms with E-state index < -0.39 is 0 Å². The van der Waals surface area contributed by atoms with Crippen molar-refractivity contribution < 1.29 is 9.53 Å². The van der Waals surface area contributed by atoms with Crippen molar-refractivity contribution in [3.8, 4) is 5.75 Å². The fourth-order valence-electron chi connectivity index (χ4n) is 5.00. The molecular formula is C22H24N4O2. The lowest BCUT2D eigenvalue weighted by Gasteiger charge is -2.26. The molecule has 0 spiro atoms. The van der Waals surface area contributed by atoms with Gasteiger partial charge in [0, 0.05) is 37.0 Å². The summed E-state index contributed by atoms with van der Waals surface area (Å²) in [4.78, 5) is 17.6. The number of H-pyrrole nitrogens is 1. The number of carbonyl (C=O) groups is 1. The fraction of sp³-hybridized carbons (Fsp3) is 0.364. The van der Waals surface area contributed by atoms with Gasteiger partial charge in [-0.15, -0.1) is 0 Å². The summed E-state index contributed by atoms with van der Waals surface area (Å²) in [6, 6.07) is 16.5. The van der Waals surface area contributed by atoms with Crippen LogP contribution >= 0.6 is 0 Å². The molecule has 5 rings (SSSR count). The Morgan fingerprint density at radius 3 is 2.68 bits per heavy atom. The zero-order chi connectivity index (χ0) is 19.3. The number of methoxy groups -OCH3 is 1. The van der Waals surface area contributed by atoms with Crippen LogP contribution in [0.15, 0.2) is 48.5 Å². The molecule has 2 aromatic carbocycles. The number of fused-ring (bicyclic) bond motifs is 2. The van der Waals surface area contributed by atoms with Crippen LogP contribution in [0.3, 0.4) is 0 Å².